The average molecular weight is 468 g/mol. The van der Waals surface area contributed by atoms with Crippen LogP contribution in [0.4, 0.5) is 4.79 Å². The lowest BCUT2D eigenvalue weighted by Gasteiger charge is -2.28. The standard InChI is InChI=1S/C26H33N3O5/c1-16(2)23(29(3)4)14-27-25(32)22(13-24(30)31)28-26(33)34-15-21-19-11-7-5-9-17(19)18-10-6-8-12-20(18)21/h5-12,16,21-23H,13-15H2,1-4H3,(H,27,32)(H,28,33)(H,30,31). The summed E-state index contributed by atoms with van der Waals surface area (Å²) in [5.74, 6) is -1.59. The first-order valence-electron chi connectivity index (χ1n) is 11.5. The van der Waals surface area contributed by atoms with Crippen molar-refractivity contribution in [3.63, 3.8) is 0 Å². The van der Waals surface area contributed by atoms with Crippen LogP contribution in [0.1, 0.15) is 37.3 Å². The van der Waals surface area contributed by atoms with Crippen LogP contribution in [0.2, 0.25) is 0 Å². The van der Waals surface area contributed by atoms with E-state index in [1.807, 2.05) is 81.4 Å². The fraction of sp³-hybridized carbons (Fsp3) is 0.423. The predicted molar refractivity (Wildman–Crippen MR) is 130 cm³/mol. The fourth-order valence-corrected chi connectivity index (χ4v) is 4.51. The van der Waals surface area contributed by atoms with Gasteiger partial charge in [0, 0.05) is 18.5 Å². The summed E-state index contributed by atoms with van der Waals surface area (Å²) in [5.41, 5.74) is 4.35. The Kier molecular flexibility index (Phi) is 8.28. The van der Waals surface area contributed by atoms with Gasteiger partial charge in [-0.1, -0.05) is 62.4 Å². The Hall–Kier alpha value is -3.39. The van der Waals surface area contributed by atoms with Gasteiger partial charge in [-0.2, -0.15) is 0 Å². The summed E-state index contributed by atoms with van der Waals surface area (Å²) in [4.78, 5) is 38.6. The number of alkyl carbamates (subject to hydrolysis) is 1. The van der Waals surface area contributed by atoms with Crippen molar-refractivity contribution in [3.05, 3.63) is 59.7 Å². The molecule has 182 valence electrons. The number of likely N-dealkylation sites (N-methyl/N-ethyl adjacent to an activating group) is 1. The lowest BCUT2D eigenvalue weighted by atomic mass is 9.98. The minimum absolute atomic E-state index is 0.0730. The van der Waals surface area contributed by atoms with Crippen molar-refractivity contribution in [3.8, 4) is 11.1 Å². The lowest BCUT2D eigenvalue weighted by Crippen LogP contribution is -2.51. The van der Waals surface area contributed by atoms with E-state index in [0.717, 1.165) is 22.3 Å². The van der Waals surface area contributed by atoms with Crippen molar-refractivity contribution in [1.29, 1.82) is 0 Å². The molecule has 0 spiro atoms. The number of carbonyl (C=O) groups excluding carboxylic acids is 2. The van der Waals surface area contributed by atoms with Crippen LogP contribution in [0.25, 0.3) is 11.1 Å². The van der Waals surface area contributed by atoms with Gasteiger partial charge in [0.2, 0.25) is 5.91 Å². The summed E-state index contributed by atoms with van der Waals surface area (Å²) in [6.07, 6.45) is -1.36. The van der Waals surface area contributed by atoms with E-state index in [2.05, 4.69) is 10.6 Å². The van der Waals surface area contributed by atoms with Crippen LogP contribution >= 0.6 is 0 Å². The minimum Gasteiger partial charge on any atom is -0.481 e. The van der Waals surface area contributed by atoms with Gasteiger partial charge < -0.3 is 25.4 Å². The predicted octanol–water partition coefficient (Wildman–Crippen LogP) is 3.07. The molecule has 8 heteroatoms. The van der Waals surface area contributed by atoms with Gasteiger partial charge in [0.05, 0.1) is 6.42 Å². The summed E-state index contributed by atoms with van der Waals surface area (Å²) in [7, 11) is 3.83. The molecule has 0 radical (unpaired) electrons. The molecule has 2 aromatic rings. The molecule has 2 amide bonds. The van der Waals surface area contributed by atoms with E-state index in [0.29, 0.717) is 6.54 Å². The summed E-state index contributed by atoms with van der Waals surface area (Å²) >= 11 is 0. The quantitative estimate of drug-likeness (QED) is 0.496. The maximum Gasteiger partial charge on any atom is 0.407 e. The maximum atomic E-state index is 12.7. The Morgan fingerprint density at radius 3 is 2.06 bits per heavy atom. The number of ether oxygens (including phenoxy) is 1. The van der Waals surface area contributed by atoms with Gasteiger partial charge in [-0.05, 0) is 42.3 Å². The molecule has 0 aromatic heterocycles. The molecular formula is C26H33N3O5. The van der Waals surface area contributed by atoms with E-state index < -0.39 is 30.4 Å². The molecule has 8 nitrogen and oxygen atoms in total. The summed E-state index contributed by atoms with van der Waals surface area (Å²) in [6.45, 7) is 4.50. The highest BCUT2D eigenvalue weighted by Gasteiger charge is 2.30. The van der Waals surface area contributed by atoms with Gasteiger partial charge in [-0.15, -0.1) is 0 Å². The Labute approximate surface area is 200 Å². The average Bonchev–Trinajstić information content (AvgIpc) is 3.10. The van der Waals surface area contributed by atoms with Gasteiger partial charge in [0.25, 0.3) is 0 Å². The Morgan fingerprint density at radius 2 is 1.56 bits per heavy atom. The fourth-order valence-electron chi connectivity index (χ4n) is 4.51. The minimum atomic E-state index is -1.23. The van der Waals surface area contributed by atoms with E-state index in [1.165, 1.54) is 0 Å². The highest BCUT2D eigenvalue weighted by molar-refractivity contribution is 5.89. The van der Waals surface area contributed by atoms with Crippen molar-refractivity contribution in [2.45, 2.75) is 38.3 Å². The number of carboxylic acids is 1. The van der Waals surface area contributed by atoms with Crippen molar-refractivity contribution in [2.24, 2.45) is 5.92 Å². The Morgan fingerprint density at radius 1 is 1.00 bits per heavy atom. The van der Waals surface area contributed by atoms with Crippen LogP contribution in [0, 0.1) is 5.92 Å². The van der Waals surface area contributed by atoms with Crippen molar-refractivity contribution in [1.82, 2.24) is 15.5 Å². The summed E-state index contributed by atoms with van der Waals surface area (Å²) in [5, 5.41) is 14.4. The molecule has 1 aliphatic carbocycles. The number of hydrogen-bond acceptors (Lipinski definition) is 5. The monoisotopic (exact) mass is 467 g/mol. The summed E-state index contributed by atoms with van der Waals surface area (Å²) in [6, 6.07) is 14.8. The second-order valence-electron chi connectivity index (χ2n) is 9.14. The lowest BCUT2D eigenvalue weighted by molar-refractivity contribution is -0.139. The number of aliphatic carboxylic acids is 1. The molecule has 3 rings (SSSR count). The highest BCUT2D eigenvalue weighted by Crippen LogP contribution is 2.44. The molecule has 2 aromatic carbocycles. The number of rotatable bonds is 10. The second kappa shape index (κ2) is 11.2. The molecule has 2 unspecified atom stereocenters. The zero-order chi connectivity index (χ0) is 24.8. The smallest absolute Gasteiger partial charge is 0.407 e. The van der Waals surface area contributed by atoms with Crippen LogP contribution in [0.5, 0.6) is 0 Å². The van der Waals surface area contributed by atoms with E-state index in [1.54, 1.807) is 0 Å². The molecule has 0 heterocycles. The van der Waals surface area contributed by atoms with Crippen LogP contribution in [0.3, 0.4) is 0 Å². The maximum absolute atomic E-state index is 12.7. The molecule has 0 bridgehead atoms. The van der Waals surface area contributed by atoms with E-state index in [-0.39, 0.29) is 24.5 Å². The number of fused-ring (bicyclic) bond motifs is 3. The van der Waals surface area contributed by atoms with Gasteiger partial charge in [0.15, 0.2) is 0 Å². The van der Waals surface area contributed by atoms with Crippen molar-refractivity contribution >= 4 is 18.0 Å². The zero-order valence-corrected chi connectivity index (χ0v) is 20.1. The molecule has 1 aliphatic rings. The van der Waals surface area contributed by atoms with Crippen LogP contribution in [0.15, 0.2) is 48.5 Å². The van der Waals surface area contributed by atoms with Gasteiger partial charge in [-0.3, -0.25) is 9.59 Å². The Balaban J connectivity index is 1.63. The topological polar surface area (TPSA) is 108 Å². The van der Waals surface area contributed by atoms with Gasteiger partial charge in [0.1, 0.15) is 12.6 Å². The Bertz CT molecular complexity index is 983. The SMILES string of the molecule is CC(C)C(CNC(=O)C(CC(=O)O)NC(=O)OCC1c2ccccc2-c2ccccc21)N(C)C. The van der Waals surface area contributed by atoms with E-state index in [9.17, 15) is 19.5 Å². The highest BCUT2D eigenvalue weighted by atomic mass is 16.5. The number of hydrogen-bond donors (Lipinski definition) is 3. The second-order valence-corrected chi connectivity index (χ2v) is 9.14. The molecule has 3 N–H and O–H groups in total. The van der Waals surface area contributed by atoms with Crippen LogP contribution in [-0.2, 0) is 14.3 Å². The number of nitrogens with zero attached hydrogens (tertiary/aromatic N) is 1. The zero-order valence-electron chi connectivity index (χ0n) is 20.1. The first-order valence-corrected chi connectivity index (χ1v) is 11.5. The first kappa shape index (κ1) is 25.2. The van der Waals surface area contributed by atoms with E-state index in [4.69, 9.17) is 4.74 Å². The molecule has 0 saturated heterocycles. The molecule has 0 aliphatic heterocycles. The number of benzene rings is 2. The molecule has 2 atom stereocenters. The molecular weight excluding hydrogens is 434 g/mol. The number of carboxylic acid groups (broad SMARTS) is 1. The number of amides is 2. The number of nitrogens with one attached hydrogen (secondary N) is 2. The van der Waals surface area contributed by atoms with Crippen molar-refractivity contribution < 1.29 is 24.2 Å². The number of carbonyl (C=O) groups is 3. The third-order valence-corrected chi connectivity index (χ3v) is 6.25. The third kappa shape index (κ3) is 5.94. The van der Waals surface area contributed by atoms with Crippen molar-refractivity contribution in [2.75, 3.05) is 27.2 Å². The third-order valence-electron chi connectivity index (χ3n) is 6.25. The summed E-state index contributed by atoms with van der Waals surface area (Å²) < 4.78 is 5.47. The molecule has 0 fully saturated rings. The largest absolute Gasteiger partial charge is 0.481 e. The van der Waals surface area contributed by atoms with Crippen LogP contribution in [-0.4, -0.2) is 67.3 Å². The molecule has 0 saturated carbocycles. The van der Waals surface area contributed by atoms with Crippen LogP contribution < -0.4 is 10.6 Å². The first-order chi connectivity index (χ1) is 16.2. The van der Waals surface area contributed by atoms with Gasteiger partial charge in [-0.25, -0.2) is 4.79 Å². The van der Waals surface area contributed by atoms with E-state index >= 15 is 0 Å². The van der Waals surface area contributed by atoms with Gasteiger partial charge >= 0.3 is 12.1 Å². The molecule has 34 heavy (non-hydrogen) atoms. The normalized spacial score (nSPS) is 14.3.